The summed E-state index contributed by atoms with van der Waals surface area (Å²) < 4.78 is 34.0. The summed E-state index contributed by atoms with van der Waals surface area (Å²) in [5.74, 6) is 0.440. The molecule has 132 valence electrons. The van der Waals surface area contributed by atoms with Crippen LogP contribution in [0.15, 0.2) is 17.6 Å². The Morgan fingerprint density at radius 2 is 2.17 bits per heavy atom. The standard InChI is InChI=1S/C15H28N4O3S/c1-12(2)7-19-10-15(16-11-19)23(20,21)18(4)8-13-6-14(22-5)9-17(13)3/h10-14H,6-9H2,1-5H3/t13-,14-/m0/s1. The molecule has 0 aromatic carbocycles. The number of rotatable bonds is 7. The Morgan fingerprint density at radius 3 is 2.74 bits per heavy atom. The predicted octanol–water partition coefficient (Wildman–Crippen LogP) is 0.879. The average Bonchev–Trinajstić information content (AvgIpc) is 3.06. The molecule has 0 saturated carbocycles. The molecular formula is C15H28N4O3S. The minimum absolute atomic E-state index is 0.115. The van der Waals surface area contributed by atoms with Crippen molar-refractivity contribution in [1.29, 1.82) is 0 Å². The van der Waals surface area contributed by atoms with Gasteiger partial charge in [0.25, 0.3) is 10.0 Å². The van der Waals surface area contributed by atoms with Crippen LogP contribution in [-0.4, -0.2) is 73.6 Å². The SMILES string of the molecule is CO[C@H]1C[C@@H](CN(C)S(=O)(=O)c2cn(CC(C)C)cn2)N(C)C1. The van der Waals surface area contributed by atoms with Crippen molar-refractivity contribution in [2.24, 2.45) is 5.92 Å². The molecule has 0 bridgehead atoms. The van der Waals surface area contributed by atoms with Gasteiger partial charge in [-0.05, 0) is 19.4 Å². The van der Waals surface area contributed by atoms with Crippen LogP contribution in [0.4, 0.5) is 0 Å². The zero-order valence-corrected chi connectivity index (χ0v) is 15.5. The van der Waals surface area contributed by atoms with E-state index in [0.29, 0.717) is 12.5 Å². The van der Waals surface area contributed by atoms with Crippen LogP contribution in [0.3, 0.4) is 0 Å². The zero-order chi connectivity index (χ0) is 17.2. The molecule has 7 nitrogen and oxygen atoms in total. The van der Waals surface area contributed by atoms with E-state index in [1.165, 1.54) is 4.31 Å². The lowest BCUT2D eigenvalue weighted by Crippen LogP contribution is -2.39. The Bertz CT molecular complexity index is 614. The highest BCUT2D eigenvalue weighted by Gasteiger charge is 2.33. The van der Waals surface area contributed by atoms with E-state index in [9.17, 15) is 8.42 Å². The van der Waals surface area contributed by atoms with E-state index in [-0.39, 0.29) is 17.2 Å². The number of ether oxygens (including phenoxy) is 1. The number of imidazole rings is 1. The first-order chi connectivity index (χ1) is 10.7. The highest BCUT2D eigenvalue weighted by atomic mass is 32.2. The number of likely N-dealkylation sites (tertiary alicyclic amines) is 1. The first-order valence-electron chi connectivity index (χ1n) is 7.95. The highest BCUT2D eigenvalue weighted by Crippen LogP contribution is 2.21. The van der Waals surface area contributed by atoms with Crippen LogP contribution in [0.25, 0.3) is 0 Å². The number of likely N-dealkylation sites (N-methyl/N-ethyl adjacent to an activating group) is 2. The van der Waals surface area contributed by atoms with Crippen molar-refractivity contribution < 1.29 is 13.2 Å². The summed E-state index contributed by atoms with van der Waals surface area (Å²) in [5.41, 5.74) is 0. The second kappa shape index (κ2) is 7.29. The Labute approximate surface area is 139 Å². The Hall–Kier alpha value is -0.960. The van der Waals surface area contributed by atoms with E-state index in [2.05, 4.69) is 23.7 Å². The Balaban J connectivity index is 2.05. The van der Waals surface area contributed by atoms with Crippen LogP contribution in [0.2, 0.25) is 0 Å². The molecule has 0 radical (unpaired) electrons. The Kier molecular flexibility index (Phi) is 5.83. The van der Waals surface area contributed by atoms with E-state index >= 15 is 0 Å². The molecule has 0 aliphatic carbocycles. The van der Waals surface area contributed by atoms with Crippen molar-refractivity contribution in [3.05, 3.63) is 12.5 Å². The van der Waals surface area contributed by atoms with Crippen LogP contribution >= 0.6 is 0 Å². The topological polar surface area (TPSA) is 67.7 Å². The van der Waals surface area contributed by atoms with Crippen molar-refractivity contribution in [3.63, 3.8) is 0 Å². The number of aromatic nitrogens is 2. The van der Waals surface area contributed by atoms with Crippen molar-refractivity contribution >= 4 is 10.0 Å². The van der Waals surface area contributed by atoms with Gasteiger partial charge in [-0.15, -0.1) is 0 Å². The third-order valence-electron chi connectivity index (χ3n) is 4.31. The van der Waals surface area contributed by atoms with Gasteiger partial charge in [-0.2, -0.15) is 4.31 Å². The summed E-state index contributed by atoms with van der Waals surface area (Å²) in [6, 6.07) is 0.164. The third-order valence-corrected chi connectivity index (χ3v) is 6.02. The van der Waals surface area contributed by atoms with Crippen LogP contribution < -0.4 is 0 Å². The summed E-state index contributed by atoms with van der Waals surface area (Å²) in [6.45, 7) is 6.20. The van der Waals surface area contributed by atoms with Gasteiger partial charge in [-0.25, -0.2) is 13.4 Å². The molecule has 0 amide bonds. The summed E-state index contributed by atoms with van der Waals surface area (Å²) in [5, 5.41) is 0.115. The van der Waals surface area contributed by atoms with Gasteiger partial charge in [0.15, 0.2) is 5.03 Å². The third kappa shape index (κ3) is 4.32. The molecule has 2 atom stereocenters. The van der Waals surface area contributed by atoms with Gasteiger partial charge < -0.3 is 9.30 Å². The molecule has 1 aromatic heterocycles. The van der Waals surface area contributed by atoms with Gasteiger partial charge in [0, 0.05) is 46.0 Å². The molecule has 2 rings (SSSR count). The fourth-order valence-corrected chi connectivity index (χ4v) is 4.10. The minimum Gasteiger partial charge on any atom is -0.380 e. The smallest absolute Gasteiger partial charge is 0.261 e. The largest absolute Gasteiger partial charge is 0.380 e. The molecule has 1 aliphatic heterocycles. The second-order valence-corrected chi connectivity index (χ2v) is 8.77. The quantitative estimate of drug-likeness (QED) is 0.734. The van der Waals surface area contributed by atoms with E-state index in [4.69, 9.17) is 4.74 Å². The summed E-state index contributed by atoms with van der Waals surface area (Å²) in [4.78, 5) is 6.23. The van der Waals surface area contributed by atoms with Gasteiger partial charge in [-0.1, -0.05) is 13.8 Å². The predicted molar refractivity (Wildman–Crippen MR) is 88.7 cm³/mol. The molecule has 1 saturated heterocycles. The molecule has 0 spiro atoms. The van der Waals surface area contributed by atoms with Gasteiger partial charge in [-0.3, -0.25) is 4.90 Å². The number of methoxy groups -OCH3 is 1. The van der Waals surface area contributed by atoms with Gasteiger partial charge >= 0.3 is 0 Å². The first-order valence-corrected chi connectivity index (χ1v) is 9.39. The highest BCUT2D eigenvalue weighted by molar-refractivity contribution is 7.89. The van der Waals surface area contributed by atoms with Gasteiger partial charge in [0.1, 0.15) is 0 Å². The lowest BCUT2D eigenvalue weighted by molar-refractivity contribution is 0.111. The Morgan fingerprint density at radius 1 is 1.48 bits per heavy atom. The van der Waals surface area contributed by atoms with Crippen molar-refractivity contribution in [2.45, 2.75) is 44.0 Å². The van der Waals surface area contributed by atoms with E-state index in [1.54, 1.807) is 26.7 Å². The molecule has 0 unspecified atom stereocenters. The van der Waals surface area contributed by atoms with Crippen LogP contribution in [0, 0.1) is 5.92 Å². The molecule has 0 N–H and O–H groups in total. The van der Waals surface area contributed by atoms with Crippen LogP contribution in [0.1, 0.15) is 20.3 Å². The monoisotopic (exact) mass is 344 g/mol. The first kappa shape index (κ1) is 18.4. The van der Waals surface area contributed by atoms with E-state index < -0.39 is 10.0 Å². The molecule has 1 aliphatic rings. The normalized spacial score (nSPS) is 23.3. The summed E-state index contributed by atoms with van der Waals surface area (Å²) in [6.07, 6.45) is 4.21. The van der Waals surface area contributed by atoms with Crippen molar-refractivity contribution in [3.8, 4) is 0 Å². The molecular weight excluding hydrogens is 316 g/mol. The van der Waals surface area contributed by atoms with Gasteiger partial charge in [0.2, 0.25) is 0 Å². The van der Waals surface area contributed by atoms with Crippen LogP contribution in [0.5, 0.6) is 0 Å². The minimum atomic E-state index is -3.56. The fourth-order valence-electron chi connectivity index (χ4n) is 2.96. The van der Waals surface area contributed by atoms with Gasteiger partial charge in [0.05, 0.1) is 12.4 Å². The van der Waals surface area contributed by atoms with Crippen molar-refractivity contribution in [1.82, 2.24) is 18.8 Å². The molecule has 1 fully saturated rings. The summed E-state index contributed by atoms with van der Waals surface area (Å²) >= 11 is 0. The van der Waals surface area contributed by atoms with E-state index in [0.717, 1.165) is 19.5 Å². The maximum atomic E-state index is 12.7. The van der Waals surface area contributed by atoms with E-state index in [1.807, 2.05) is 11.6 Å². The maximum absolute atomic E-state index is 12.7. The lowest BCUT2D eigenvalue weighted by atomic mass is 10.2. The molecule has 2 heterocycles. The number of hydrogen-bond donors (Lipinski definition) is 0. The molecule has 23 heavy (non-hydrogen) atoms. The number of nitrogens with zero attached hydrogens (tertiary/aromatic N) is 4. The summed E-state index contributed by atoms with van der Waals surface area (Å²) in [7, 11) is 1.76. The second-order valence-electron chi connectivity index (χ2n) is 6.77. The molecule has 1 aromatic rings. The molecule has 8 heteroatoms. The fraction of sp³-hybridized carbons (Fsp3) is 0.800. The average molecular weight is 344 g/mol. The number of sulfonamides is 1. The van der Waals surface area contributed by atoms with Crippen molar-refractivity contribution in [2.75, 3.05) is 34.3 Å². The number of hydrogen-bond acceptors (Lipinski definition) is 5. The zero-order valence-electron chi connectivity index (χ0n) is 14.6. The lowest BCUT2D eigenvalue weighted by Gasteiger charge is -2.24. The maximum Gasteiger partial charge on any atom is 0.261 e. The van der Waals surface area contributed by atoms with Crippen LogP contribution in [-0.2, 0) is 21.3 Å².